The number of hydrogen-bond acceptors (Lipinski definition) is 2. The van der Waals surface area contributed by atoms with Crippen molar-refractivity contribution in [3.63, 3.8) is 0 Å². The monoisotopic (exact) mass is 221 g/mol. The summed E-state index contributed by atoms with van der Waals surface area (Å²) in [5.41, 5.74) is 2.81. The molecule has 0 unspecified atom stereocenters. The van der Waals surface area contributed by atoms with Crippen LogP contribution in [0.3, 0.4) is 0 Å². The van der Waals surface area contributed by atoms with Gasteiger partial charge in [0.1, 0.15) is 5.75 Å². The minimum absolute atomic E-state index is 0.0811. The van der Waals surface area contributed by atoms with Gasteiger partial charge in [0.05, 0.1) is 0 Å². The largest absolute Gasteiger partial charge is 0.507 e. The number of phenols is 1. The number of carbonyl (C=O) groups is 1. The van der Waals surface area contributed by atoms with Crippen molar-refractivity contribution in [1.29, 1.82) is 0 Å². The molecule has 1 aromatic carbocycles. The first-order chi connectivity index (χ1) is 7.43. The molecule has 1 rings (SSSR count). The standard InChI is InChI=1S/C13H19NO2/c1-9-5-6-11(13(16)10(9)2)7-8-12(15)14(3)4/h5-6,16H,7-8H2,1-4H3. The van der Waals surface area contributed by atoms with Crippen LogP contribution >= 0.6 is 0 Å². The minimum Gasteiger partial charge on any atom is -0.507 e. The van der Waals surface area contributed by atoms with E-state index in [1.165, 1.54) is 0 Å². The zero-order valence-corrected chi connectivity index (χ0v) is 10.4. The molecule has 1 N–H and O–H groups in total. The summed E-state index contributed by atoms with van der Waals surface area (Å²) < 4.78 is 0. The first-order valence-corrected chi connectivity index (χ1v) is 5.41. The van der Waals surface area contributed by atoms with Crippen LogP contribution in [-0.2, 0) is 11.2 Å². The van der Waals surface area contributed by atoms with Crippen LogP contribution in [0.4, 0.5) is 0 Å². The SMILES string of the molecule is Cc1ccc(CCC(=O)N(C)C)c(O)c1C. The number of carbonyl (C=O) groups excluding carboxylic acids is 1. The maximum Gasteiger partial charge on any atom is 0.222 e. The van der Waals surface area contributed by atoms with E-state index in [9.17, 15) is 9.90 Å². The number of benzene rings is 1. The van der Waals surface area contributed by atoms with E-state index in [2.05, 4.69) is 0 Å². The van der Waals surface area contributed by atoms with Gasteiger partial charge >= 0.3 is 0 Å². The summed E-state index contributed by atoms with van der Waals surface area (Å²) in [6.45, 7) is 3.85. The van der Waals surface area contributed by atoms with Gasteiger partial charge in [0, 0.05) is 20.5 Å². The van der Waals surface area contributed by atoms with Gasteiger partial charge in [-0.2, -0.15) is 0 Å². The Morgan fingerprint density at radius 2 is 1.94 bits per heavy atom. The molecule has 0 heterocycles. The Hall–Kier alpha value is -1.51. The van der Waals surface area contributed by atoms with Gasteiger partial charge in [-0.25, -0.2) is 0 Å². The molecule has 0 saturated heterocycles. The average molecular weight is 221 g/mol. The first-order valence-electron chi connectivity index (χ1n) is 5.41. The lowest BCUT2D eigenvalue weighted by Gasteiger charge is -2.12. The summed E-state index contributed by atoms with van der Waals surface area (Å²) in [7, 11) is 3.48. The number of aryl methyl sites for hydroxylation is 2. The predicted molar refractivity (Wildman–Crippen MR) is 64.6 cm³/mol. The van der Waals surface area contributed by atoms with E-state index in [0.717, 1.165) is 16.7 Å². The first kappa shape index (κ1) is 12.6. The number of phenolic OH excluding ortho intramolecular Hbond substituents is 1. The molecule has 16 heavy (non-hydrogen) atoms. The van der Waals surface area contributed by atoms with Crippen molar-refractivity contribution in [3.8, 4) is 5.75 Å². The van der Waals surface area contributed by atoms with Gasteiger partial charge < -0.3 is 10.0 Å². The van der Waals surface area contributed by atoms with Crippen LogP contribution in [0.5, 0.6) is 5.75 Å². The Morgan fingerprint density at radius 3 is 2.50 bits per heavy atom. The lowest BCUT2D eigenvalue weighted by atomic mass is 10.0. The third-order valence-electron chi connectivity index (χ3n) is 2.89. The smallest absolute Gasteiger partial charge is 0.222 e. The van der Waals surface area contributed by atoms with E-state index in [-0.39, 0.29) is 5.91 Å². The molecule has 1 amide bonds. The van der Waals surface area contributed by atoms with Crippen LogP contribution in [0.25, 0.3) is 0 Å². The van der Waals surface area contributed by atoms with E-state index in [4.69, 9.17) is 0 Å². The van der Waals surface area contributed by atoms with Crippen molar-refractivity contribution >= 4 is 5.91 Å². The van der Waals surface area contributed by atoms with E-state index >= 15 is 0 Å². The lowest BCUT2D eigenvalue weighted by molar-refractivity contribution is -0.128. The number of aromatic hydroxyl groups is 1. The second-order valence-electron chi connectivity index (χ2n) is 4.30. The molecule has 88 valence electrons. The van der Waals surface area contributed by atoms with Crippen LogP contribution in [-0.4, -0.2) is 30.0 Å². The molecule has 0 atom stereocenters. The van der Waals surface area contributed by atoms with Crippen molar-refractivity contribution in [2.45, 2.75) is 26.7 Å². The Kier molecular flexibility index (Phi) is 3.93. The summed E-state index contributed by atoms with van der Waals surface area (Å²) >= 11 is 0. The highest BCUT2D eigenvalue weighted by atomic mass is 16.3. The van der Waals surface area contributed by atoms with E-state index in [1.54, 1.807) is 19.0 Å². The minimum atomic E-state index is 0.0811. The third-order valence-corrected chi connectivity index (χ3v) is 2.89. The Labute approximate surface area is 96.7 Å². The number of nitrogens with zero attached hydrogens (tertiary/aromatic N) is 1. The Balaban J connectivity index is 2.76. The quantitative estimate of drug-likeness (QED) is 0.848. The molecule has 0 radical (unpaired) electrons. The van der Waals surface area contributed by atoms with Gasteiger partial charge in [0.2, 0.25) is 5.91 Å². The van der Waals surface area contributed by atoms with Crippen LogP contribution in [0.15, 0.2) is 12.1 Å². The van der Waals surface area contributed by atoms with Gasteiger partial charge in [-0.1, -0.05) is 12.1 Å². The molecule has 0 aliphatic carbocycles. The zero-order valence-electron chi connectivity index (χ0n) is 10.4. The van der Waals surface area contributed by atoms with Crippen molar-refractivity contribution in [2.75, 3.05) is 14.1 Å². The van der Waals surface area contributed by atoms with E-state index < -0.39 is 0 Å². The highest BCUT2D eigenvalue weighted by Crippen LogP contribution is 2.25. The predicted octanol–water partition coefficient (Wildman–Crippen LogP) is 2.03. The van der Waals surface area contributed by atoms with Gasteiger partial charge in [-0.3, -0.25) is 4.79 Å². The summed E-state index contributed by atoms with van der Waals surface area (Å²) in [4.78, 5) is 13.0. The van der Waals surface area contributed by atoms with Crippen molar-refractivity contribution in [2.24, 2.45) is 0 Å². The fourth-order valence-electron chi connectivity index (χ4n) is 1.52. The fraction of sp³-hybridized carbons (Fsp3) is 0.462. The number of rotatable bonds is 3. The third kappa shape index (κ3) is 2.75. The van der Waals surface area contributed by atoms with Crippen LogP contribution in [0, 0.1) is 13.8 Å². The zero-order chi connectivity index (χ0) is 12.3. The van der Waals surface area contributed by atoms with Gasteiger partial charge in [0.15, 0.2) is 0 Å². The average Bonchev–Trinajstić information content (AvgIpc) is 2.24. The van der Waals surface area contributed by atoms with E-state index in [0.29, 0.717) is 18.6 Å². The second-order valence-corrected chi connectivity index (χ2v) is 4.30. The summed E-state index contributed by atoms with van der Waals surface area (Å²) in [6.07, 6.45) is 1.02. The summed E-state index contributed by atoms with van der Waals surface area (Å²) in [5.74, 6) is 0.407. The lowest BCUT2D eigenvalue weighted by Crippen LogP contribution is -2.21. The summed E-state index contributed by atoms with van der Waals surface area (Å²) in [5, 5.41) is 9.90. The molecular formula is C13H19NO2. The fourth-order valence-corrected chi connectivity index (χ4v) is 1.52. The molecule has 0 spiro atoms. The highest BCUT2D eigenvalue weighted by molar-refractivity contribution is 5.75. The molecule has 3 heteroatoms. The normalized spacial score (nSPS) is 10.2. The summed E-state index contributed by atoms with van der Waals surface area (Å²) in [6, 6.07) is 3.87. The molecule has 0 aromatic heterocycles. The molecule has 0 aliphatic rings. The van der Waals surface area contributed by atoms with Crippen LogP contribution in [0.1, 0.15) is 23.1 Å². The maximum atomic E-state index is 11.4. The maximum absolute atomic E-state index is 11.4. The topological polar surface area (TPSA) is 40.5 Å². The van der Waals surface area contributed by atoms with Crippen molar-refractivity contribution < 1.29 is 9.90 Å². The van der Waals surface area contributed by atoms with Crippen LogP contribution in [0.2, 0.25) is 0 Å². The molecular weight excluding hydrogens is 202 g/mol. The van der Waals surface area contributed by atoms with Crippen LogP contribution < -0.4 is 0 Å². The molecule has 0 saturated carbocycles. The van der Waals surface area contributed by atoms with Gasteiger partial charge in [0.25, 0.3) is 0 Å². The number of hydrogen-bond donors (Lipinski definition) is 1. The Morgan fingerprint density at radius 1 is 1.31 bits per heavy atom. The second kappa shape index (κ2) is 5.01. The Bertz CT molecular complexity index is 397. The number of amides is 1. The molecule has 0 aliphatic heterocycles. The van der Waals surface area contributed by atoms with Crippen molar-refractivity contribution in [1.82, 2.24) is 4.90 Å². The van der Waals surface area contributed by atoms with E-state index in [1.807, 2.05) is 26.0 Å². The molecule has 1 aromatic rings. The van der Waals surface area contributed by atoms with Crippen molar-refractivity contribution in [3.05, 3.63) is 28.8 Å². The van der Waals surface area contributed by atoms with Gasteiger partial charge in [-0.05, 0) is 37.0 Å². The highest BCUT2D eigenvalue weighted by Gasteiger charge is 2.09. The molecule has 0 fully saturated rings. The van der Waals surface area contributed by atoms with Gasteiger partial charge in [-0.15, -0.1) is 0 Å². The molecule has 3 nitrogen and oxygen atoms in total. The molecule has 0 bridgehead atoms.